The van der Waals surface area contributed by atoms with Crippen LogP contribution in [-0.4, -0.2) is 48.8 Å². The molecule has 1 unspecified atom stereocenters. The molecule has 2 fully saturated rings. The van der Waals surface area contributed by atoms with E-state index in [9.17, 15) is 4.79 Å². The minimum Gasteiger partial charge on any atom is -0.338 e. The minimum absolute atomic E-state index is 0.0509. The van der Waals surface area contributed by atoms with Crippen LogP contribution in [0.3, 0.4) is 0 Å². The highest BCUT2D eigenvalue weighted by Crippen LogP contribution is 2.46. The molecule has 0 radical (unpaired) electrons. The first kappa shape index (κ1) is 19.9. The Kier molecular flexibility index (Phi) is 5.08. The fraction of sp³-hybridized carbons (Fsp3) is 0.522. The van der Waals surface area contributed by atoms with Crippen molar-refractivity contribution < 1.29 is 9.32 Å². The maximum absolute atomic E-state index is 13.4. The van der Waals surface area contributed by atoms with Crippen LogP contribution in [0.25, 0.3) is 11.5 Å². The van der Waals surface area contributed by atoms with E-state index in [-0.39, 0.29) is 11.3 Å². The lowest BCUT2D eigenvalue weighted by atomic mass is 9.74. The van der Waals surface area contributed by atoms with Crippen LogP contribution in [0, 0.1) is 12.8 Å². The number of carbonyl (C=O) groups excluding carboxylic acids is 1. The van der Waals surface area contributed by atoms with Gasteiger partial charge in [0, 0.05) is 43.8 Å². The van der Waals surface area contributed by atoms with E-state index in [0.717, 1.165) is 49.4 Å². The van der Waals surface area contributed by atoms with Crippen molar-refractivity contribution in [1.29, 1.82) is 0 Å². The van der Waals surface area contributed by atoms with E-state index in [4.69, 9.17) is 9.51 Å². The van der Waals surface area contributed by atoms with Gasteiger partial charge in [0.15, 0.2) is 5.82 Å². The highest BCUT2D eigenvalue weighted by Gasteiger charge is 2.46. The van der Waals surface area contributed by atoms with Crippen molar-refractivity contribution in [3.63, 3.8) is 0 Å². The summed E-state index contributed by atoms with van der Waals surface area (Å²) in [6.07, 6.45) is 10.7. The van der Waals surface area contributed by atoms with Crippen molar-refractivity contribution in [2.75, 3.05) is 13.1 Å². The molecule has 1 saturated heterocycles. The number of piperidine rings is 1. The van der Waals surface area contributed by atoms with Gasteiger partial charge in [-0.15, -0.1) is 0 Å². The Bertz CT molecular complexity index is 1070. The summed E-state index contributed by atoms with van der Waals surface area (Å²) in [5, 5.41) is 8.87. The number of likely N-dealkylation sites (tertiary alicyclic amines) is 1. The molecule has 1 saturated carbocycles. The second-order valence-electron chi connectivity index (χ2n) is 8.90. The van der Waals surface area contributed by atoms with E-state index in [1.807, 2.05) is 41.8 Å². The van der Waals surface area contributed by atoms with Crippen LogP contribution >= 0.6 is 0 Å². The Morgan fingerprint density at radius 1 is 1.29 bits per heavy atom. The summed E-state index contributed by atoms with van der Waals surface area (Å²) in [6.45, 7) is 6.05. The number of amides is 1. The van der Waals surface area contributed by atoms with Crippen molar-refractivity contribution in [3.8, 4) is 11.5 Å². The van der Waals surface area contributed by atoms with Crippen LogP contribution in [-0.2, 0) is 12.0 Å². The maximum atomic E-state index is 13.4. The van der Waals surface area contributed by atoms with Crippen molar-refractivity contribution in [3.05, 3.63) is 47.8 Å². The van der Waals surface area contributed by atoms with E-state index in [1.54, 1.807) is 12.4 Å². The van der Waals surface area contributed by atoms with Gasteiger partial charge in [0.2, 0.25) is 0 Å². The van der Waals surface area contributed by atoms with Crippen LogP contribution in [0.4, 0.5) is 0 Å². The molecule has 0 aromatic carbocycles. The summed E-state index contributed by atoms with van der Waals surface area (Å²) in [6, 6.07) is 3.74. The van der Waals surface area contributed by atoms with Gasteiger partial charge >= 0.3 is 0 Å². The second-order valence-corrected chi connectivity index (χ2v) is 8.90. The van der Waals surface area contributed by atoms with Gasteiger partial charge < -0.3 is 9.42 Å². The molecule has 3 aromatic rings. The smallest absolute Gasteiger partial charge is 0.258 e. The highest BCUT2D eigenvalue weighted by molar-refractivity contribution is 5.95. The molecule has 0 bridgehead atoms. The summed E-state index contributed by atoms with van der Waals surface area (Å²) < 4.78 is 7.47. The quantitative estimate of drug-likeness (QED) is 0.605. The number of rotatable bonds is 6. The molecule has 1 atom stereocenters. The number of carbonyl (C=O) groups is 1. The van der Waals surface area contributed by atoms with Gasteiger partial charge in [-0.2, -0.15) is 10.1 Å². The molecule has 162 valence electrons. The fourth-order valence-electron chi connectivity index (χ4n) is 4.73. The molecule has 8 heteroatoms. The molecule has 4 heterocycles. The second kappa shape index (κ2) is 7.90. The number of nitrogens with zero attached hydrogens (tertiary/aromatic N) is 6. The zero-order valence-corrected chi connectivity index (χ0v) is 18.1. The molecule has 1 aliphatic carbocycles. The van der Waals surface area contributed by atoms with Crippen LogP contribution in [0.5, 0.6) is 0 Å². The summed E-state index contributed by atoms with van der Waals surface area (Å²) in [4.78, 5) is 24.2. The van der Waals surface area contributed by atoms with Gasteiger partial charge in [-0.3, -0.25) is 14.5 Å². The van der Waals surface area contributed by atoms with E-state index in [1.165, 1.54) is 12.8 Å². The third kappa shape index (κ3) is 3.86. The Labute approximate surface area is 181 Å². The highest BCUT2D eigenvalue weighted by atomic mass is 16.5. The lowest BCUT2D eigenvalue weighted by molar-refractivity contribution is 0.0606. The molecule has 1 aliphatic heterocycles. The van der Waals surface area contributed by atoms with Crippen LogP contribution in [0.1, 0.15) is 60.9 Å². The summed E-state index contributed by atoms with van der Waals surface area (Å²) in [5.74, 6) is 1.97. The predicted molar refractivity (Wildman–Crippen MR) is 114 cm³/mol. The Hall–Kier alpha value is -3.03. The van der Waals surface area contributed by atoms with E-state index >= 15 is 0 Å². The van der Waals surface area contributed by atoms with Crippen molar-refractivity contribution in [2.24, 2.45) is 5.92 Å². The van der Waals surface area contributed by atoms with Crippen LogP contribution in [0.2, 0.25) is 0 Å². The van der Waals surface area contributed by atoms with E-state index < -0.39 is 0 Å². The zero-order chi connectivity index (χ0) is 21.4. The Morgan fingerprint density at radius 2 is 2.10 bits per heavy atom. The van der Waals surface area contributed by atoms with E-state index in [0.29, 0.717) is 23.9 Å². The van der Waals surface area contributed by atoms with Crippen molar-refractivity contribution in [1.82, 2.24) is 29.8 Å². The first-order valence-electron chi connectivity index (χ1n) is 11.2. The van der Waals surface area contributed by atoms with Gasteiger partial charge in [-0.25, -0.2) is 0 Å². The number of aryl methyl sites for hydroxylation is 2. The normalized spacial score (nSPS) is 21.4. The van der Waals surface area contributed by atoms with Crippen LogP contribution in [0.15, 0.2) is 35.2 Å². The molecule has 31 heavy (non-hydrogen) atoms. The SMILES string of the molecule is CCn1cc(C(=O)N2CCCC(CC3CC3)(c3noc(-c4ccncc4)n3)C2)c(C)n1. The molecular formula is C23H28N6O2. The summed E-state index contributed by atoms with van der Waals surface area (Å²) in [7, 11) is 0. The largest absolute Gasteiger partial charge is 0.338 e. The van der Waals surface area contributed by atoms with Gasteiger partial charge in [0.1, 0.15) is 0 Å². The first-order chi connectivity index (χ1) is 15.1. The topological polar surface area (TPSA) is 89.9 Å². The number of hydrogen-bond acceptors (Lipinski definition) is 6. The Balaban J connectivity index is 1.44. The van der Waals surface area contributed by atoms with Crippen molar-refractivity contribution in [2.45, 2.75) is 57.9 Å². The molecule has 8 nitrogen and oxygen atoms in total. The monoisotopic (exact) mass is 420 g/mol. The number of hydrogen-bond donors (Lipinski definition) is 0. The van der Waals surface area contributed by atoms with Gasteiger partial charge in [-0.05, 0) is 51.2 Å². The van der Waals surface area contributed by atoms with Gasteiger partial charge in [-0.1, -0.05) is 18.0 Å². The third-order valence-corrected chi connectivity index (χ3v) is 6.57. The summed E-state index contributed by atoms with van der Waals surface area (Å²) >= 11 is 0. The lowest BCUT2D eigenvalue weighted by Crippen LogP contribution is -2.49. The van der Waals surface area contributed by atoms with Crippen LogP contribution < -0.4 is 0 Å². The van der Waals surface area contributed by atoms with Crippen molar-refractivity contribution >= 4 is 5.91 Å². The molecule has 2 aliphatic rings. The predicted octanol–water partition coefficient (Wildman–Crippen LogP) is 3.63. The zero-order valence-electron chi connectivity index (χ0n) is 18.1. The first-order valence-corrected chi connectivity index (χ1v) is 11.2. The lowest BCUT2D eigenvalue weighted by Gasteiger charge is -2.41. The van der Waals surface area contributed by atoms with E-state index in [2.05, 4.69) is 15.2 Å². The molecule has 0 spiro atoms. The molecular weight excluding hydrogens is 392 g/mol. The van der Waals surface area contributed by atoms with Gasteiger partial charge in [0.25, 0.3) is 11.8 Å². The fourth-order valence-corrected chi connectivity index (χ4v) is 4.73. The minimum atomic E-state index is -0.265. The molecule has 5 rings (SSSR count). The number of pyridine rings is 1. The molecule has 0 N–H and O–H groups in total. The standard InChI is InChI=1S/C23H28N6O2/c1-3-29-14-19(16(2)26-29)21(30)28-12-4-9-23(15-28,13-17-5-6-17)22-25-20(31-27-22)18-7-10-24-11-8-18/h7-8,10-11,14,17H,3-6,9,12-13,15H2,1-2H3. The average molecular weight is 421 g/mol. The van der Waals surface area contributed by atoms with Gasteiger partial charge in [0.05, 0.1) is 16.7 Å². The third-order valence-electron chi connectivity index (χ3n) is 6.57. The maximum Gasteiger partial charge on any atom is 0.258 e. The number of aromatic nitrogens is 5. The average Bonchev–Trinajstić information content (AvgIpc) is 3.31. The summed E-state index contributed by atoms with van der Waals surface area (Å²) in [5.41, 5.74) is 2.07. The Morgan fingerprint density at radius 3 is 2.81 bits per heavy atom. The molecule has 3 aromatic heterocycles. The molecule has 1 amide bonds.